The molecule has 3 aromatic rings. The normalized spacial score (nSPS) is 10.3. The molecule has 3 N–H and O–H groups in total. The number of aromatic carboxylic acids is 1. The van der Waals surface area contributed by atoms with Gasteiger partial charge in [0.25, 0.3) is 5.91 Å². The van der Waals surface area contributed by atoms with Crippen molar-refractivity contribution in [3.63, 3.8) is 0 Å². The second-order valence-electron chi connectivity index (χ2n) is 6.34. The van der Waals surface area contributed by atoms with Crippen molar-refractivity contribution in [3.05, 3.63) is 87.9 Å². The molecule has 0 saturated heterocycles. The van der Waals surface area contributed by atoms with Crippen LogP contribution in [-0.2, 0) is 11.3 Å². The standard InChI is InChI=1S/C22H18Cl2N2O4/c23-16-4-7-18(8-5-16)26-21(27)13-30-20-9-6-17(24)10-15(20)12-25-19-3-1-2-14(11-19)22(28)29/h1-11,25H,12-13H2,(H,26,27)(H,28,29). The van der Waals surface area contributed by atoms with Crippen LogP contribution in [0.5, 0.6) is 5.75 Å². The summed E-state index contributed by atoms with van der Waals surface area (Å²) in [6, 6.07) is 18.3. The van der Waals surface area contributed by atoms with Crippen molar-refractivity contribution in [1.29, 1.82) is 0 Å². The summed E-state index contributed by atoms with van der Waals surface area (Å²) in [5.41, 5.74) is 2.16. The molecule has 0 saturated carbocycles. The molecule has 0 aliphatic carbocycles. The van der Waals surface area contributed by atoms with Gasteiger partial charge < -0.3 is 20.5 Å². The minimum Gasteiger partial charge on any atom is -0.483 e. The smallest absolute Gasteiger partial charge is 0.335 e. The maximum Gasteiger partial charge on any atom is 0.335 e. The molecule has 30 heavy (non-hydrogen) atoms. The number of nitrogens with one attached hydrogen (secondary N) is 2. The van der Waals surface area contributed by atoms with E-state index in [9.17, 15) is 9.59 Å². The fraction of sp³-hybridized carbons (Fsp3) is 0.0909. The first-order valence-corrected chi connectivity index (χ1v) is 9.70. The van der Waals surface area contributed by atoms with E-state index in [4.69, 9.17) is 33.0 Å². The second-order valence-corrected chi connectivity index (χ2v) is 7.21. The Balaban J connectivity index is 1.63. The molecular formula is C22H18Cl2N2O4. The van der Waals surface area contributed by atoms with E-state index >= 15 is 0 Å². The van der Waals surface area contributed by atoms with E-state index in [0.29, 0.717) is 33.7 Å². The Morgan fingerprint density at radius 1 is 0.900 bits per heavy atom. The number of halogens is 2. The van der Waals surface area contributed by atoms with Crippen LogP contribution in [0.4, 0.5) is 11.4 Å². The van der Waals surface area contributed by atoms with Crippen LogP contribution in [-0.4, -0.2) is 23.6 Å². The third kappa shape index (κ3) is 6.14. The van der Waals surface area contributed by atoms with E-state index < -0.39 is 5.97 Å². The number of amides is 1. The number of carboxylic acids is 1. The zero-order valence-electron chi connectivity index (χ0n) is 15.7. The van der Waals surface area contributed by atoms with Gasteiger partial charge in [-0.1, -0.05) is 29.3 Å². The Bertz CT molecular complexity index is 1060. The Morgan fingerprint density at radius 3 is 2.37 bits per heavy atom. The summed E-state index contributed by atoms with van der Waals surface area (Å²) in [5, 5.41) is 16.1. The van der Waals surface area contributed by atoms with E-state index in [1.807, 2.05) is 0 Å². The Hall–Kier alpha value is -3.22. The lowest BCUT2D eigenvalue weighted by Crippen LogP contribution is -2.20. The van der Waals surface area contributed by atoms with E-state index in [2.05, 4.69) is 10.6 Å². The van der Waals surface area contributed by atoms with E-state index in [-0.39, 0.29) is 18.1 Å². The molecule has 0 aliphatic heterocycles. The number of carbonyl (C=O) groups excluding carboxylic acids is 1. The molecule has 8 heteroatoms. The first kappa shape index (κ1) is 21.5. The molecule has 0 aromatic heterocycles. The van der Waals surface area contributed by atoms with Gasteiger partial charge in [0, 0.05) is 33.5 Å². The minimum atomic E-state index is -1.00. The molecule has 1 amide bonds. The highest BCUT2D eigenvalue weighted by molar-refractivity contribution is 6.31. The fourth-order valence-corrected chi connectivity index (χ4v) is 2.98. The molecule has 0 aliphatic rings. The number of hydrogen-bond donors (Lipinski definition) is 3. The average molecular weight is 445 g/mol. The highest BCUT2D eigenvalue weighted by atomic mass is 35.5. The SMILES string of the molecule is O=C(COc1ccc(Cl)cc1CNc1cccc(C(=O)O)c1)Nc1ccc(Cl)cc1. The highest BCUT2D eigenvalue weighted by Crippen LogP contribution is 2.24. The second kappa shape index (κ2) is 10.0. The Morgan fingerprint density at radius 2 is 1.63 bits per heavy atom. The molecule has 3 rings (SSSR count). The van der Waals surface area contributed by atoms with Crippen LogP contribution in [0.25, 0.3) is 0 Å². The lowest BCUT2D eigenvalue weighted by molar-refractivity contribution is -0.118. The third-order valence-electron chi connectivity index (χ3n) is 4.10. The van der Waals surface area contributed by atoms with Gasteiger partial charge in [-0.05, 0) is 60.7 Å². The number of carboxylic acid groups (broad SMARTS) is 1. The van der Waals surface area contributed by atoms with Crippen molar-refractivity contribution in [2.24, 2.45) is 0 Å². The fourth-order valence-electron chi connectivity index (χ4n) is 2.66. The summed E-state index contributed by atoms with van der Waals surface area (Å²) < 4.78 is 5.67. The number of benzene rings is 3. The lowest BCUT2D eigenvalue weighted by atomic mass is 10.1. The first-order valence-electron chi connectivity index (χ1n) is 8.94. The Labute approximate surface area is 183 Å². The van der Waals surface area contributed by atoms with Gasteiger partial charge in [0.2, 0.25) is 0 Å². The summed E-state index contributed by atoms with van der Waals surface area (Å²) in [7, 11) is 0. The highest BCUT2D eigenvalue weighted by Gasteiger charge is 2.10. The summed E-state index contributed by atoms with van der Waals surface area (Å²) in [6.07, 6.45) is 0. The molecule has 0 fully saturated rings. The summed E-state index contributed by atoms with van der Waals surface area (Å²) in [6.45, 7) is 0.142. The molecule has 0 spiro atoms. The first-order chi connectivity index (χ1) is 14.4. The molecule has 0 unspecified atom stereocenters. The maximum absolute atomic E-state index is 12.2. The van der Waals surface area contributed by atoms with Crippen molar-refractivity contribution in [2.75, 3.05) is 17.2 Å². The van der Waals surface area contributed by atoms with Gasteiger partial charge in [0.05, 0.1) is 5.56 Å². The molecule has 6 nitrogen and oxygen atoms in total. The third-order valence-corrected chi connectivity index (χ3v) is 4.59. The van der Waals surface area contributed by atoms with Gasteiger partial charge in [0.1, 0.15) is 5.75 Å². The number of anilines is 2. The van der Waals surface area contributed by atoms with Crippen LogP contribution in [0.3, 0.4) is 0 Å². The average Bonchev–Trinajstić information content (AvgIpc) is 2.73. The van der Waals surface area contributed by atoms with Crippen LogP contribution >= 0.6 is 23.2 Å². The maximum atomic E-state index is 12.2. The van der Waals surface area contributed by atoms with E-state index in [1.165, 1.54) is 12.1 Å². The monoisotopic (exact) mass is 444 g/mol. The molecule has 3 aromatic carbocycles. The van der Waals surface area contributed by atoms with Crippen LogP contribution < -0.4 is 15.4 Å². The molecule has 0 atom stereocenters. The zero-order chi connectivity index (χ0) is 21.5. The topological polar surface area (TPSA) is 87.7 Å². The predicted octanol–water partition coefficient (Wildman–Crippen LogP) is 5.32. The van der Waals surface area contributed by atoms with E-state index in [0.717, 1.165) is 5.56 Å². The van der Waals surface area contributed by atoms with Crippen molar-refractivity contribution in [2.45, 2.75) is 6.54 Å². The number of rotatable bonds is 8. The quantitative estimate of drug-likeness (QED) is 0.437. The van der Waals surface area contributed by atoms with Crippen LogP contribution in [0.2, 0.25) is 10.0 Å². The van der Waals surface area contributed by atoms with E-state index in [1.54, 1.807) is 54.6 Å². The van der Waals surface area contributed by atoms with Crippen LogP contribution in [0, 0.1) is 0 Å². The summed E-state index contributed by atoms with van der Waals surface area (Å²) in [4.78, 5) is 23.3. The van der Waals surface area contributed by atoms with Crippen molar-refractivity contribution in [1.82, 2.24) is 0 Å². The number of carbonyl (C=O) groups is 2. The van der Waals surface area contributed by atoms with Gasteiger partial charge in [-0.2, -0.15) is 0 Å². The minimum absolute atomic E-state index is 0.182. The van der Waals surface area contributed by atoms with Crippen LogP contribution in [0.15, 0.2) is 66.7 Å². The molecular weight excluding hydrogens is 427 g/mol. The lowest BCUT2D eigenvalue weighted by Gasteiger charge is -2.14. The van der Waals surface area contributed by atoms with Gasteiger partial charge >= 0.3 is 5.97 Å². The Kier molecular flexibility index (Phi) is 7.17. The van der Waals surface area contributed by atoms with Crippen molar-refractivity contribution < 1.29 is 19.4 Å². The number of ether oxygens (including phenoxy) is 1. The van der Waals surface area contributed by atoms with Gasteiger partial charge in [0.15, 0.2) is 6.61 Å². The zero-order valence-corrected chi connectivity index (χ0v) is 17.2. The molecule has 0 heterocycles. The van der Waals surface area contributed by atoms with Gasteiger partial charge in [-0.25, -0.2) is 4.79 Å². The largest absolute Gasteiger partial charge is 0.483 e. The van der Waals surface area contributed by atoms with Crippen molar-refractivity contribution >= 4 is 46.5 Å². The van der Waals surface area contributed by atoms with Gasteiger partial charge in [-0.15, -0.1) is 0 Å². The van der Waals surface area contributed by atoms with Crippen molar-refractivity contribution in [3.8, 4) is 5.75 Å². The number of hydrogen-bond acceptors (Lipinski definition) is 4. The summed E-state index contributed by atoms with van der Waals surface area (Å²) >= 11 is 11.9. The molecule has 0 radical (unpaired) electrons. The molecule has 0 bridgehead atoms. The predicted molar refractivity (Wildman–Crippen MR) is 118 cm³/mol. The summed E-state index contributed by atoms with van der Waals surface area (Å²) in [5.74, 6) is -0.829. The van der Waals surface area contributed by atoms with Crippen LogP contribution in [0.1, 0.15) is 15.9 Å². The molecule has 154 valence electrons. The van der Waals surface area contributed by atoms with Gasteiger partial charge in [-0.3, -0.25) is 4.79 Å².